The van der Waals surface area contributed by atoms with Crippen molar-refractivity contribution in [2.45, 2.75) is 11.4 Å². The van der Waals surface area contributed by atoms with E-state index < -0.39 is 0 Å². The molecule has 0 saturated heterocycles. The van der Waals surface area contributed by atoms with Crippen LogP contribution in [0.1, 0.15) is 5.69 Å². The smallest absolute Gasteiger partial charge is 0.240 e. The molecule has 1 aromatic heterocycles. The van der Waals surface area contributed by atoms with E-state index in [1.165, 1.54) is 11.8 Å². The van der Waals surface area contributed by atoms with Crippen molar-refractivity contribution < 1.29 is 9.59 Å². The molecule has 1 aromatic carbocycles. The molecule has 1 N–H and O–H groups in total. The highest BCUT2D eigenvalue weighted by Crippen LogP contribution is 2.34. The Balaban J connectivity index is 1.66. The van der Waals surface area contributed by atoms with Gasteiger partial charge in [-0.3, -0.25) is 14.3 Å². The monoisotopic (exact) mass is 316 g/mol. The lowest BCUT2D eigenvalue weighted by atomic mass is 10.2. The number of benzene rings is 1. The average Bonchev–Trinajstić information content (AvgIpc) is 2.93. The Labute approximate surface area is 132 Å². The second kappa shape index (κ2) is 6.23. The molecule has 0 saturated carbocycles. The van der Waals surface area contributed by atoms with Crippen LogP contribution in [-0.4, -0.2) is 33.9 Å². The molecule has 1 aliphatic rings. The van der Waals surface area contributed by atoms with Crippen LogP contribution in [0.25, 0.3) is 0 Å². The van der Waals surface area contributed by atoms with E-state index in [0.717, 1.165) is 16.3 Å². The van der Waals surface area contributed by atoms with Crippen LogP contribution in [0.5, 0.6) is 0 Å². The molecule has 0 atom stereocenters. The number of anilines is 1. The molecular formula is C15H16N4O2S. The Kier molecular flexibility index (Phi) is 4.15. The van der Waals surface area contributed by atoms with Crippen LogP contribution in [0.15, 0.2) is 41.4 Å². The summed E-state index contributed by atoms with van der Waals surface area (Å²) in [5, 5.41) is 6.87. The molecule has 22 heavy (non-hydrogen) atoms. The Morgan fingerprint density at radius 1 is 1.36 bits per heavy atom. The van der Waals surface area contributed by atoms with Gasteiger partial charge in [-0.25, -0.2) is 0 Å². The second-order valence-corrected chi connectivity index (χ2v) is 5.98. The number of rotatable bonds is 4. The SMILES string of the molecule is Cn1nccc1CNC(=O)CN1C(=O)CSc2ccccc21. The number of amides is 2. The number of thioether (sulfide) groups is 1. The summed E-state index contributed by atoms with van der Waals surface area (Å²) in [4.78, 5) is 26.8. The highest BCUT2D eigenvalue weighted by molar-refractivity contribution is 8.00. The van der Waals surface area contributed by atoms with Gasteiger partial charge < -0.3 is 10.2 Å². The van der Waals surface area contributed by atoms with E-state index in [1.807, 2.05) is 37.4 Å². The number of hydrogen-bond donors (Lipinski definition) is 1. The minimum Gasteiger partial charge on any atom is -0.349 e. The fourth-order valence-corrected chi connectivity index (χ4v) is 3.23. The molecule has 2 amide bonds. The van der Waals surface area contributed by atoms with Gasteiger partial charge >= 0.3 is 0 Å². The van der Waals surface area contributed by atoms with E-state index >= 15 is 0 Å². The lowest BCUT2D eigenvalue weighted by Crippen LogP contribution is -2.43. The summed E-state index contributed by atoms with van der Waals surface area (Å²) >= 11 is 1.51. The minimum absolute atomic E-state index is 0.0360. The minimum atomic E-state index is -0.184. The van der Waals surface area contributed by atoms with E-state index in [2.05, 4.69) is 10.4 Å². The number of nitrogens with zero attached hydrogens (tertiary/aromatic N) is 3. The molecule has 0 radical (unpaired) electrons. The summed E-state index contributed by atoms with van der Waals surface area (Å²) in [7, 11) is 1.82. The number of carbonyl (C=O) groups excluding carboxylic acids is 2. The number of carbonyl (C=O) groups is 2. The fraction of sp³-hybridized carbons (Fsp3) is 0.267. The first-order valence-electron chi connectivity index (χ1n) is 6.91. The molecule has 0 fully saturated rings. The molecule has 3 rings (SSSR count). The highest BCUT2D eigenvalue weighted by Gasteiger charge is 2.26. The average molecular weight is 316 g/mol. The molecular weight excluding hydrogens is 300 g/mol. The lowest BCUT2D eigenvalue weighted by molar-refractivity contribution is -0.123. The number of fused-ring (bicyclic) bond motifs is 1. The molecule has 0 unspecified atom stereocenters. The number of aryl methyl sites for hydroxylation is 1. The van der Waals surface area contributed by atoms with Gasteiger partial charge in [-0.05, 0) is 18.2 Å². The van der Waals surface area contributed by atoms with E-state index in [4.69, 9.17) is 0 Å². The van der Waals surface area contributed by atoms with Crippen molar-refractivity contribution in [2.24, 2.45) is 7.05 Å². The Bertz CT molecular complexity index is 713. The van der Waals surface area contributed by atoms with E-state index in [-0.39, 0.29) is 18.4 Å². The molecule has 0 spiro atoms. The van der Waals surface area contributed by atoms with Crippen LogP contribution in [0.2, 0.25) is 0 Å². The normalized spacial score (nSPS) is 13.9. The first kappa shape index (κ1) is 14.6. The third-order valence-electron chi connectivity index (χ3n) is 3.50. The summed E-state index contributed by atoms with van der Waals surface area (Å²) in [6.45, 7) is 0.433. The van der Waals surface area contributed by atoms with Crippen molar-refractivity contribution in [1.29, 1.82) is 0 Å². The topological polar surface area (TPSA) is 67.2 Å². The van der Waals surface area contributed by atoms with Crippen molar-refractivity contribution in [3.8, 4) is 0 Å². The van der Waals surface area contributed by atoms with Gasteiger partial charge in [-0.2, -0.15) is 5.10 Å². The highest BCUT2D eigenvalue weighted by atomic mass is 32.2. The van der Waals surface area contributed by atoms with E-state index in [0.29, 0.717) is 12.3 Å². The van der Waals surface area contributed by atoms with Crippen molar-refractivity contribution >= 4 is 29.3 Å². The number of hydrogen-bond acceptors (Lipinski definition) is 4. The zero-order chi connectivity index (χ0) is 15.5. The van der Waals surface area contributed by atoms with Crippen LogP contribution in [0.4, 0.5) is 5.69 Å². The van der Waals surface area contributed by atoms with Crippen molar-refractivity contribution in [1.82, 2.24) is 15.1 Å². The van der Waals surface area contributed by atoms with Gasteiger partial charge in [0.1, 0.15) is 6.54 Å². The van der Waals surface area contributed by atoms with Crippen molar-refractivity contribution in [2.75, 3.05) is 17.2 Å². The predicted molar refractivity (Wildman–Crippen MR) is 84.6 cm³/mol. The third kappa shape index (κ3) is 2.99. The molecule has 2 heterocycles. The zero-order valence-electron chi connectivity index (χ0n) is 12.2. The Morgan fingerprint density at radius 2 is 2.18 bits per heavy atom. The first-order chi connectivity index (χ1) is 10.6. The molecule has 0 aliphatic carbocycles. The zero-order valence-corrected chi connectivity index (χ0v) is 13.0. The van der Waals surface area contributed by atoms with Gasteiger partial charge in [0.25, 0.3) is 0 Å². The summed E-state index contributed by atoms with van der Waals surface area (Å²) < 4.78 is 1.71. The molecule has 7 heteroatoms. The van der Waals surface area contributed by atoms with Crippen LogP contribution in [-0.2, 0) is 23.2 Å². The summed E-state index contributed by atoms with van der Waals surface area (Å²) in [5.41, 5.74) is 1.72. The molecule has 1 aliphatic heterocycles. The second-order valence-electron chi connectivity index (χ2n) is 4.96. The van der Waals surface area contributed by atoms with Crippen molar-refractivity contribution in [3.63, 3.8) is 0 Å². The standard InChI is InChI=1S/C15H16N4O2S/c1-18-11(6-7-17-18)8-16-14(20)9-19-12-4-2-3-5-13(12)22-10-15(19)21/h2-7H,8-10H2,1H3,(H,16,20). The Morgan fingerprint density at radius 3 is 2.95 bits per heavy atom. The largest absolute Gasteiger partial charge is 0.349 e. The predicted octanol–water partition coefficient (Wildman–Crippen LogP) is 1.18. The molecule has 2 aromatic rings. The summed E-state index contributed by atoms with van der Waals surface area (Å²) in [5.74, 6) is 0.141. The van der Waals surface area contributed by atoms with Crippen LogP contribution < -0.4 is 10.2 Å². The van der Waals surface area contributed by atoms with Gasteiger partial charge in [-0.15, -0.1) is 11.8 Å². The molecule has 114 valence electrons. The number of nitrogens with one attached hydrogen (secondary N) is 1. The fourth-order valence-electron chi connectivity index (χ4n) is 2.29. The first-order valence-corrected chi connectivity index (χ1v) is 7.89. The van der Waals surface area contributed by atoms with Gasteiger partial charge in [-0.1, -0.05) is 12.1 Å². The number of para-hydroxylation sites is 1. The maximum absolute atomic E-state index is 12.1. The van der Waals surface area contributed by atoms with Crippen LogP contribution in [0.3, 0.4) is 0 Å². The third-order valence-corrected chi connectivity index (χ3v) is 4.55. The van der Waals surface area contributed by atoms with Gasteiger partial charge in [0.15, 0.2) is 0 Å². The quantitative estimate of drug-likeness (QED) is 0.919. The van der Waals surface area contributed by atoms with Gasteiger partial charge in [0, 0.05) is 18.1 Å². The van der Waals surface area contributed by atoms with Crippen LogP contribution >= 0.6 is 11.8 Å². The lowest BCUT2D eigenvalue weighted by Gasteiger charge is -2.28. The van der Waals surface area contributed by atoms with Crippen LogP contribution in [0, 0.1) is 0 Å². The summed E-state index contributed by atoms with van der Waals surface area (Å²) in [6.07, 6.45) is 1.68. The van der Waals surface area contributed by atoms with E-state index in [1.54, 1.807) is 15.8 Å². The van der Waals surface area contributed by atoms with Gasteiger partial charge in [0.05, 0.1) is 23.7 Å². The summed E-state index contributed by atoms with van der Waals surface area (Å²) in [6, 6.07) is 9.49. The van der Waals surface area contributed by atoms with E-state index in [9.17, 15) is 9.59 Å². The molecule has 6 nitrogen and oxygen atoms in total. The molecule has 0 bridgehead atoms. The maximum Gasteiger partial charge on any atom is 0.240 e. The van der Waals surface area contributed by atoms with Crippen molar-refractivity contribution in [3.05, 3.63) is 42.2 Å². The maximum atomic E-state index is 12.1. The number of aromatic nitrogens is 2. The van der Waals surface area contributed by atoms with Gasteiger partial charge in [0.2, 0.25) is 11.8 Å². The Hall–Kier alpha value is -2.28.